The monoisotopic (exact) mass is 204 g/mol. The highest BCUT2D eigenvalue weighted by atomic mass is 19.1. The molecule has 1 aromatic carbocycles. The normalized spacial score (nSPS) is 11.3. The molecule has 0 fully saturated rings. The molecule has 0 saturated carbocycles. The number of aldehydes is 1. The number of nitrogens with zero attached hydrogens (tertiary/aromatic N) is 2. The van der Waals surface area contributed by atoms with Gasteiger partial charge in [-0.25, -0.2) is 4.39 Å². The second-order valence-corrected chi connectivity index (χ2v) is 3.19. The Morgan fingerprint density at radius 1 is 1.47 bits per heavy atom. The molecule has 0 aliphatic carbocycles. The van der Waals surface area contributed by atoms with Gasteiger partial charge in [0.25, 0.3) is 0 Å². The first-order chi connectivity index (χ1) is 7.22. The third-order valence-electron chi connectivity index (χ3n) is 2.13. The van der Waals surface area contributed by atoms with Crippen LogP contribution in [0, 0.1) is 5.82 Å². The third-order valence-corrected chi connectivity index (χ3v) is 2.13. The molecule has 0 spiro atoms. The molecule has 15 heavy (non-hydrogen) atoms. The number of carbonyl (C=O) groups is 1. The maximum absolute atomic E-state index is 13.4. The van der Waals surface area contributed by atoms with E-state index >= 15 is 0 Å². The van der Waals surface area contributed by atoms with Crippen molar-refractivity contribution in [2.45, 2.75) is 0 Å². The van der Waals surface area contributed by atoms with Gasteiger partial charge in [-0.2, -0.15) is 5.10 Å². The molecule has 0 amide bonds. The molecule has 0 saturated heterocycles. The van der Waals surface area contributed by atoms with E-state index in [0.29, 0.717) is 22.8 Å². The Morgan fingerprint density at radius 2 is 2.27 bits per heavy atom. The lowest BCUT2D eigenvalue weighted by Crippen LogP contribution is -1.84. The predicted molar refractivity (Wildman–Crippen MR) is 55.8 cm³/mol. The zero-order valence-corrected chi connectivity index (χ0v) is 8.14. The topological polar surface area (TPSA) is 34.9 Å². The van der Waals surface area contributed by atoms with Crippen molar-refractivity contribution in [2.75, 3.05) is 0 Å². The van der Waals surface area contributed by atoms with Gasteiger partial charge < -0.3 is 0 Å². The van der Waals surface area contributed by atoms with E-state index in [0.717, 1.165) is 0 Å². The van der Waals surface area contributed by atoms with Crippen molar-refractivity contribution in [2.24, 2.45) is 7.05 Å². The Kier molecular flexibility index (Phi) is 2.33. The molecule has 0 radical (unpaired) electrons. The van der Waals surface area contributed by atoms with Gasteiger partial charge in [-0.1, -0.05) is 0 Å². The van der Waals surface area contributed by atoms with Crippen LogP contribution in [0.25, 0.3) is 17.0 Å². The zero-order chi connectivity index (χ0) is 10.8. The van der Waals surface area contributed by atoms with Gasteiger partial charge in [0.15, 0.2) is 0 Å². The maximum Gasteiger partial charge on any atom is 0.142 e. The summed E-state index contributed by atoms with van der Waals surface area (Å²) in [5.74, 6) is -0.353. The molecule has 0 N–H and O–H groups in total. The van der Waals surface area contributed by atoms with Gasteiger partial charge in [0, 0.05) is 24.2 Å². The van der Waals surface area contributed by atoms with Crippen LogP contribution < -0.4 is 0 Å². The minimum atomic E-state index is -0.353. The highest BCUT2D eigenvalue weighted by Crippen LogP contribution is 2.21. The summed E-state index contributed by atoms with van der Waals surface area (Å²) in [5.41, 5.74) is 1.11. The van der Waals surface area contributed by atoms with E-state index in [1.165, 1.54) is 18.2 Å². The van der Waals surface area contributed by atoms with Crippen LogP contribution in [0.15, 0.2) is 24.4 Å². The van der Waals surface area contributed by atoms with Crippen LogP contribution in [0.1, 0.15) is 5.56 Å². The summed E-state index contributed by atoms with van der Waals surface area (Å²) in [6.07, 6.45) is 5.06. The van der Waals surface area contributed by atoms with E-state index in [2.05, 4.69) is 5.10 Å². The summed E-state index contributed by atoms with van der Waals surface area (Å²) in [7, 11) is 1.77. The smallest absolute Gasteiger partial charge is 0.142 e. The number of rotatable bonds is 2. The standard InChI is InChI=1S/C11H9FN2O/c1-14-7-9-8(3-2-6-15)10(12)4-5-11(9)13-14/h2-7H,1H3/b3-2+. The first kappa shape index (κ1) is 9.58. The summed E-state index contributed by atoms with van der Waals surface area (Å²) < 4.78 is 15.1. The van der Waals surface area contributed by atoms with E-state index in [9.17, 15) is 9.18 Å². The predicted octanol–water partition coefficient (Wildman–Crippen LogP) is 1.92. The lowest BCUT2D eigenvalue weighted by atomic mass is 10.1. The fourth-order valence-electron chi connectivity index (χ4n) is 1.51. The van der Waals surface area contributed by atoms with Gasteiger partial charge in [0.05, 0.1) is 5.52 Å². The zero-order valence-electron chi connectivity index (χ0n) is 8.14. The number of aromatic nitrogens is 2. The van der Waals surface area contributed by atoms with Crippen molar-refractivity contribution >= 4 is 23.3 Å². The van der Waals surface area contributed by atoms with Gasteiger partial charge >= 0.3 is 0 Å². The van der Waals surface area contributed by atoms with E-state index in [1.807, 2.05) is 0 Å². The van der Waals surface area contributed by atoms with Crippen molar-refractivity contribution in [3.63, 3.8) is 0 Å². The fourth-order valence-corrected chi connectivity index (χ4v) is 1.51. The number of benzene rings is 1. The van der Waals surface area contributed by atoms with Gasteiger partial charge in [-0.05, 0) is 24.3 Å². The van der Waals surface area contributed by atoms with Crippen LogP contribution in [-0.4, -0.2) is 16.1 Å². The van der Waals surface area contributed by atoms with Crippen molar-refractivity contribution in [1.29, 1.82) is 0 Å². The van der Waals surface area contributed by atoms with Gasteiger partial charge in [-0.15, -0.1) is 0 Å². The average Bonchev–Trinajstić information content (AvgIpc) is 2.57. The highest BCUT2D eigenvalue weighted by Gasteiger charge is 2.07. The summed E-state index contributed by atoms with van der Waals surface area (Å²) >= 11 is 0. The summed E-state index contributed by atoms with van der Waals surface area (Å²) in [4.78, 5) is 10.2. The van der Waals surface area contributed by atoms with Gasteiger partial charge in [0.2, 0.25) is 0 Å². The number of hydrogen-bond acceptors (Lipinski definition) is 2. The number of hydrogen-bond donors (Lipinski definition) is 0. The van der Waals surface area contributed by atoms with E-state index in [4.69, 9.17) is 0 Å². The SMILES string of the molecule is Cn1cc2c(/C=C/C=O)c(F)ccc2n1. The fraction of sp³-hybridized carbons (Fsp3) is 0.0909. The second-order valence-electron chi connectivity index (χ2n) is 3.19. The Balaban J connectivity index is 2.72. The largest absolute Gasteiger partial charge is 0.299 e. The van der Waals surface area contributed by atoms with Crippen molar-refractivity contribution in [1.82, 2.24) is 9.78 Å². The molecule has 0 aliphatic heterocycles. The summed E-state index contributed by atoms with van der Waals surface area (Å²) in [6, 6.07) is 2.96. The van der Waals surface area contributed by atoms with Crippen molar-refractivity contribution in [3.05, 3.63) is 35.8 Å². The molecule has 3 nitrogen and oxygen atoms in total. The maximum atomic E-state index is 13.4. The molecule has 4 heteroatoms. The molecule has 1 aromatic heterocycles. The summed E-state index contributed by atoms with van der Waals surface area (Å²) in [6.45, 7) is 0. The average molecular weight is 204 g/mol. The van der Waals surface area contributed by atoms with E-state index in [-0.39, 0.29) is 5.82 Å². The molecule has 2 rings (SSSR count). The number of fused-ring (bicyclic) bond motifs is 1. The molecule has 1 heterocycles. The first-order valence-corrected chi connectivity index (χ1v) is 4.46. The minimum absolute atomic E-state index is 0.353. The van der Waals surface area contributed by atoms with Crippen LogP contribution in [0.5, 0.6) is 0 Å². The van der Waals surface area contributed by atoms with Crippen molar-refractivity contribution < 1.29 is 9.18 Å². The number of halogens is 1. The second kappa shape index (κ2) is 3.65. The van der Waals surface area contributed by atoms with Gasteiger partial charge in [-0.3, -0.25) is 9.48 Å². The third kappa shape index (κ3) is 1.66. The Hall–Kier alpha value is -1.97. The Bertz CT molecular complexity index is 543. The van der Waals surface area contributed by atoms with E-state index in [1.54, 1.807) is 24.0 Å². The molecular weight excluding hydrogens is 195 g/mol. The molecule has 0 bridgehead atoms. The molecule has 76 valence electrons. The number of carbonyl (C=O) groups excluding carboxylic acids is 1. The van der Waals surface area contributed by atoms with E-state index < -0.39 is 0 Å². The minimum Gasteiger partial charge on any atom is -0.299 e. The Labute approximate surface area is 85.8 Å². The molecule has 2 aromatic rings. The lowest BCUT2D eigenvalue weighted by molar-refractivity contribution is -0.104. The van der Waals surface area contributed by atoms with Crippen LogP contribution in [-0.2, 0) is 11.8 Å². The number of allylic oxidation sites excluding steroid dienone is 1. The molecule has 0 aliphatic rings. The van der Waals surface area contributed by atoms with Crippen LogP contribution in [0.2, 0.25) is 0 Å². The van der Waals surface area contributed by atoms with Crippen molar-refractivity contribution in [3.8, 4) is 0 Å². The van der Waals surface area contributed by atoms with Crippen LogP contribution >= 0.6 is 0 Å². The molecular formula is C11H9FN2O. The Morgan fingerprint density at radius 3 is 3.00 bits per heavy atom. The molecule has 0 atom stereocenters. The number of aryl methyl sites for hydroxylation is 1. The molecule has 0 unspecified atom stereocenters. The highest BCUT2D eigenvalue weighted by molar-refractivity contribution is 5.90. The summed E-state index contributed by atoms with van der Waals surface area (Å²) in [5, 5.41) is 4.86. The van der Waals surface area contributed by atoms with Crippen LogP contribution in [0.4, 0.5) is 4.39 Å². The first-order valence-electron chi connectivity index (χ1n) is 4.46. The van der Waals surface area contributed by atoms with Crippen LogP contribution in [0.3, 0.4) is 0 Å². The lowest BCUT2D eigenvalue weighted by Gasteiger charge is -1.96. The quantitative estimate of drug-likeness (QED) is 0.553. The van der Waals surface area contributed by atoms with Gasteiger partial charge in [0.1, 0.15) is 12.1 Å².